The number of amides is 8. The highest BCUT2D eigenvalue weighted by atomic mass is 35.5. The topological polar surface area (TPSA) is 300 Å². The lowest BCUT2D eigenvalue weighted by Gasteiger charge is -2.40. The third-order valence-electron chi connectivity index (χ3n) is 27.3. The predicted octanol–water partition coefficient (Wildman–Crippen LogP) is 17.3. The molecule has 8 saturated heterocycles. The van der Waals surface area contributed by atoms with Crippen molar-refractivity contribution in [1.82, 2.24) is 64.0 Å². The Balaban J connectivity index is 0.000000153. The zero-order chi connectivity index (χ0) is 97.1. The van der Waals surface area contributed by atoms with Gasteiger partial charge in [-0.3, -0.25) is 67.5 Å². The Hall–Kier alpha value is -10.9. The van der Waals surface area contributed by atoms with Gasteiger partial charge in [-0.2, -0.15) is 0 Å². The fraction of sp³-hybridized carbons (Fsp3) is 0.467. The van der Waals surface area contributed by atoms with E-state index in [0.717, 1.165) is 197 Å². The van der Waals surface area contributed by atoms with Gasteiger partial charge in [0.1, 0.15) is 53.1 Å². The standard InChI is InChI=1S/C27H33ClN4O3.C26H32ClN5O3.C26H31ClN4O3.C26H33ClN4O/c1-4-24(33)20-14-18(3)29-25(15-20)30-27(35)23-7-8-26(34)32(23)21-9-11-31(12-10-21)16-19-5-6-22(28)17(2)13-19;1-17-14-18(4-5-21(17)27)16-31-12-9-20(10-13-31)32-22(6-7-24(32)33)25(34)29-23-15-19(8-11-28-23)26(35)30(2)3;1-3-23(32)21-5-4-6-24(28-21)29-26(34)22-9-10-25(33)31(22)19-11-13-30(14-12-19)16-18-7-8-20(27)17(2)15-18;1-4-20-9-12-28-25(16-20)29-26(32)24-8-5-19(3)31(24)22-10-13-30(14-11-22)17-21-6-7-23(27)18(2)15-21/h5-6,13-15,21,23H,4,7-12,16H2,1-3H3,(H,29,30,35);4-5,8,11,14-15,20,22H,6-7,9-10,12-13,16H2,1-3H3,(H,28,29,34);4-8,15,19,22H,3,9-14,16H2,1-2H3,(H,28,29,34);6-7,9,12,15-16,22,24H,3-5,8,10-11,13-14,17H2,1-2H3,(H,28,29,32)/t23-;2*22-;24-/m1111/s1. The SMILES string of the molecule is C=C1CC[C@H](C(=O)Nc2cc(CC)ccn2)N1C1CCN(Cc2ccc(Cl)c(C)c2)CC1.CCC(=O)c1cc(C)nc(NC(=O)[C@H]2CCC(=O)N2C2CCN(Cc3ccc(Cl)c(C)c3)CC2)c1.CCC(=O)c1cccc(NC(=O)[C@H]2CCC(=O)N2C2CCN(Cc3ccc(Cl)c(C)c3)CC2)n1.Cc1cc(CN2CCC(N3C(=O)CC[C@@H]3C(=O)Nc3cc(C(=O)N(C)C)ccn3)CC2)ccc1Cl. The fourth-order valence-corrected chi connectivity index (χ4v) is 20.4. The molecule has 8 amide bonds. The first-order valence-corrected chi connectivity index (χ1v) is 49.5. The average molecular weight is 1930 g/mol. The highest BCUT2D eigenvalue weighted by Crippen LogP contribution is 2.37. The van der Waals surface area contributed by atoms with Gasteiger partial charge in [0.25, 0.3) is 5.91 Å². The first-order chi connectivity index (χ1) is 65.3. The van der Waals surface area contributed by atoms with Gasteiger partial charge in [0.05, 0.1) is 0 Å². The number of nitrogens with zero attached hydrogens (tertiary/aromatic N) is 13. The molecule has 8 aromatic rings. The molecular formula is C105H129Cl4N17O10. The van der Waals surface area contributed by atoms with Crippen molar-refractivity contribution in [2.24, 2.45) is 0 Å². The molecule has 722 valence electrons. The molecular weight excluding hydrogens is 1800 g/mol. The summed E-state index contributed by atoms with van der Waals surface area (Å²) in [6.07, 6.45) is 16.3. The number of halogens is 4. The molecule has 4 N–H and O–H groups in total. The molecule has 16 rings (SSSR count). The van der Waals surface area contributed by atoms with E-state index in [9.17, 15) is 47.9 Å². The Kier molecular flexibility index (Phi) is 36.1. The van der Waals surface area contributed by atoms with Crippen molar-refractivity contribution in [2.45, 2.75) is 252 Å². The van der Waals surface area contributed by atoms with Crippen LogP contribution in [0.2, 0.25) is 20.1 Å². The van der Waals surface area contributed by atoms with Crippen LogP contribution in [0.1, 0.15) is 223 Å². The molecule has 0 saturated carbocycles. The molecule has 136 heavy (non-hydrogen) atoms. The molecule has 0 aliphatic carbocycles. The van der Waals surface area contributed by atoms with Crippen molar-refractivity contribution >= 4 is 128 Å². The van der Waals surface area contributed by atoms with Gasteiger partial charge < -0.3 is 45.8 Å². The highest BCUT2D eigenvalue weighted by Gasteiger charge is 2.46. The largest absolute Gasteiger partial charge is 0.360 e. The van der Waals surface area contributed by atoms with Crippen LogP contribution in [-0.4, -0.2) is 238 Å². The maximum atomic E-state index is 13.2. The van der Waals surface area contributed by atoms with Crippen molar-refractivity contribution in [3.63, 3.8) is 0 Å². The molecule has 0 radical (unpaired) electrons. The number of nitrogens with one attached hydrogen (secondary N) is 4. The van der Waals surface area contributed by atoms with Crippen LogP contribution < -0.4 is 21.3 Å². The summed E-state index contributed by atoms with van der Waals surface area (Å²) in [6, 6.07) is 38.9. The van der Waals surface area contributed by atoms with Gasteiger partial charge >= 0.3 is 0 Å². The summed E-state index contributed by atoms with van der Waals surface area (Å²) >= 11 is 24.6. The summed E-state index contributed by atoms with van der Waals surface area (Å²) in [5.74, 6) is 0.833. The van der Waals surface area contributed by atoms with Crippen LogP contribution in [0.4, 0.5) is 23.3 Å². The minimum atomic E-state index is -0.520. The van der Waals surface area contributed by atoms with Crippen LogP contribution in [0.25, 0.3) is 0 Å². The Morgan fingerprint density at radius 3 is 1.10 bits per heavy atom. The molecule has 4 aromatic heterocycles. The monoisotopic (exact) mass is 1930 g/mol. The summed E-state index contributed by atoms with van der Waals surface area (Å²) in [7, 11) is 3.34. The summed E-state index contributed by atoms with van der Waals surface area (Å²) in [5.41, 5.74) is 13.6. The number of benzene rings is 4. The zero-order valence-corrected chi connectivity index (χ0v) is 83.0. The van der Waals surface area contributed by atoms with Gasteiger partial charge in [0.2, 0.25) is 41.4 Å². The van der Waals surface area contributed by atoms with Crippen LogP contribution in [0.15, 0.2) is 152 Å². The number of anilines is 4. The Morgan fingerprint density at radius 1 is 0.375 bits per heavy atom. The normalized spacial score (nSPS) is 19.5. The van der Waals surface area contributed by atoms with Crippen LogP contribution in [0.3, 0.4) is 0 Å². The Bertz CT molecular complexity index is 5670. The quantitative estimate of drug-likeness (QED) is 0.0366. The molecule has 4 aromatic carbocycles. The summed E-state index contributed by atoms with van der Waals surface area (Å²) in [5, 5.41) is 14.7. The van der Waals surface area contributed by atoms with Crippen molar-refractivity contribution in [1.29, 1.82) is 0 Å². The van der Waals surface area contributed by atoms with Crippen LogP contribution in [0, 0.1) is 34.6 Å². The molecule has 27 nitrogen and oxygen atoms in total. The van der Waals surface area contributed by atoms with E-state index >= 15 is 0 Å². The number of aromatic nitrogens is 4. The number of rotatable bonds is 26. The number of likely N-dealkylation sites (tertiary alicyclic amines) is 8. The van der Waals surface area contributed by atoms with Gasteiger partial charge in [-0.05, 0) is 247 Å². The first kappa shape index (κ1) is 103. The Morgan fingerprint density at radius 2 is 0.721 bits per heavy atom. The first-order valence-electron chi connectivity index (χ1n) is 47.9. The van der Waals surface area contributed by atoms with Gasteiger partial charge in [-0.1, -0.05) is 128 Å². The van der Waals surface area contributed by atoms with Crippen LogP contribution in [-0.2, 0) is 66.2 Å². The Labute approximate surface area is 819 Å². The smallest absolute Gasteiger partial charge is 0.253 e. The third-order valence-corrected chi connectivity index (χ3v) is 29.0. The summed E-state index contributed by atoms with van der Waals surface area (Å²) in [6.45, 7) is 30.6. The maximum Gasteiger partial charge on any atom is 0.253 e. The van der Waals surface area contributed by atoms with Gasteiger partial charge in [0.15, 0.2) is 11.6 Å². The molecule has 31 heteroatoms. The number of hydrogen-bond acceptors (Lipinski definition) is 19. The maximum absolute atomic E-state index is 13.2. The number of Topliss-reactive ketones (excluding diaryl/α,β-unsaturated/α-hetero) is 2. The fourth-order valence-electron chi connectivity index (χ4n) is 19.9. The number of carbonyl (C=O) groups is 10. The lowest BCUT2D eigenvalue weighted by molar-refractivity contribution is -0.136. The van der Waals surface area contributed by atoms with E-state index in [1.54, 1.807) is 98.2 Å². The number of hydrogen-bond donors (Lipinski definition) is 4. The van der Waals surface area contributed by atoms with Crippen LogP contribution >= 0.6 is 46.4 Å². The second-order valence-electron chi connectivity index (χ2n) is 37.3. The summed E-state index contributed by atoms with van der Waals surface area (Å²) < 4.78 is 0. The minimum Gasteiger partial charge on any atom is -0.360 e. The van der Waals surface area contributed by atoms with E-state index in [-0.39, 0.29) is 83.0 Å². The lowest BCUT2D eigenvalue weighted by atomic mass is 10.0. The van der Waals surface area contributed by atoms with E-state index in [0.29, 0.717) is 103 Å². The number of aryl methyl sites for hydroxylation is 6. The van der Waals surface area contributed by atoms with E-state index in [4.69, 9.17) is 46.4 Å². The number of piperidine rings is 4. The van der Waals surface area contributed by atoms with Gasteiger partial charge in [-0.15, -0.1) is 0 Å². The van der Waals surface area contributed by atoms with Crippen molar-refractivity contribution in [3.8, 4) is 0 Å². The molecule has 8 aliphatic heterocycles. The average Bonchev–Trinajstić information content (AvgIpc) is 1.65. The van der Waals surface area contributed by atoms with Crippen molar-refractivity contribution in [2.75, 3.05) is 87.7 Å². The third kappa shape index (κ3) is 26.9. The number of carbonyl (C=O) groups excluding carboxylic acids is 10. The molecule has 4 atom stereocenters. The molecule has 0 bridgehead atoms. The van der Waals surface area contributed by atoms with E-state index < -0.39 is 18.1 Å². The van der Waals surface area contributed by atoms with E-state index in [1.165, 1.54) is 38.9 Å². The summed E-state index contributed by atoms with van der Waals surface area (Å²) in [4.78, 5) is 163. The number of pyridine rings is 4. The molecule has 8 fully saturated rings. The van der Waals surface area contributed by atoms with E-state index in [2.05, 4.69) is 135 Å². The zero-order valence-electron chi connectivity index (χ0n) is 79.9. The predicted molar refractivity (Wildman–Crippen MR) is 534 cm³/mol. The molecule has 12 heterocycles. The minimum absolute atomic E-state index is 0.00388. The van der Waals surface area contributed by atoms with E-state index in [1.807, 2.05) is 57.2 Å². The van der Waals surface area contributed by atoms with Gasteiger partial charge in [0, 0.05) is 204 Å². The molecule has 8 aliphatic rings. The van der Waals surface area contributed by atoms with Gasteiger partial charge in [-0.25, -0.2) is 19.9 Å². The lowest BCUT2D eigenvalue weighted by Crippen LogP contribution is -2.51. The second-order valence-corrected chi connectivity index (χ2v) is 38.9. The molecule has 0 spiro atoms. The van der Waals surface area contributed by atoms with Crippen molar-refractivity contribution in [3.05, 3.63) is 245 Å². The number of ketones is 2. The van der Waals surface area contributed by atoms with Crippen LogP contribution in [0.5, 0.6) is 0 Å². The molecule has 0 unspecified atom stereocenters. The van der Waals surface area contributed by atoms with Crippen molar-refractivity contribution < 1.29 is 47.9 Å². The second kappa shape index (κ2) is 47.9. The number of allylic oxidation sites excluding steroid dienone is 1. The highest BCUT2D eigenvalue weighted by molar-refractivity contribution is 6.32.